The maximum absolute atomic E-state index is 12.1. The van der Waals surface area contributed by atoms with E-state index in [1.54, 1.807) is 18.2 Å². The molecule has 0 aliphatic heterocycles. The minimum absolute atomic E-state index is 0.279. The topological polar surface area (TPSA) is 50.4 Å². The average Bonchev–Trinajstić information content (AvgIpc) is 3.02. The van der Waals surface area contributed by atoms with Crippen molar-refractivity contribution in [3.63, 3.8) is 0 Å². The van der Waals surface area contributed by atoms with Crippen LogP contribution >= 0.6 is 34.5 Å². The predicted octanol–water partition coefficient (Wildman–Crippen LogP) is 6.28. The van der Waals surface area contributed by atoms with Crippen LogP contribution < -0.4 is 15.4 Å². The van der Waals surface area contributed by atoms with E-state index in [4.69, 9.17) is 27.9 Å². The molecular formula is C18H14Cl2N2O2S. The molecule has 1 heterocycles. The van der Waals surface area contributed by atoms with Gasteiger partial charge in [0.1, 0.15) is 11.6 Å². The number of ether oxygens (including phenoxy) is 1. The van der Waals surface area contributed by atoms with Gasteiger partial charge in [0, 0.05) is 21.3 Å². The van der Waals surface area contributed by atoms with Crippen molar-refractivity contribution in [1.29, 1.82) is 0 Å². The van der Waals surface area contributed by atoms with Crippen LogP contribution in [0.4, 0.5) is 15.5 Å². The zero-order chi connectivity index (χ0) is 17.6. The average molecular weight is 393 g/mol. The number of benzene rings is 2. The number of carbonyl (C=O) groups excluding carboxylic acids is 1. The number of thiophene rings is 1. The summed E-state index contributed by atoms with van der Waals surface area (Å²) in [7, 11) is 0. The molecule has 1 aromatic heterocycles. The summed E-state index contributed by atoms with van der Waals surface area (Å²) in [5.74, 6) is 0.583. The molecule has 0 atom stereocenters. The Morgan fingerprint density at radius 3 is 2.60 bits per heavy atom. The lowest BCUT2D eigenvalue weighted by Gasteiger charge is -2.10. The van der Waals surface area contributed by atoms with Crippen molar-refractivity contribution >= 4 is 51.3 Å². The van der Waals surface area contributed by atoms with Crippen LogP contribution in [0.3, 0.4) is 0 Å². The summed E-state index contributed by atoms with van der Waals surface area (Å²) in [6.45, 7) is 0.279. The molecular weight excluding hydrogens is 379 g/mol. The maximum Gasteiger partial charge on any atom is 0.324 e. The molecule has 0 unspecified atom stereocenters. The summed E-state index contributed by atoms with van der Waals surface area (Å²) in [5, 5.41) is 9.13. The summed E-state index contributed by atoms with van der Waals surface area (Å²) >= 11 is 13.4. The zero-order valence-corrected chi connectivity index (χ0v) is 15.3. The summed E-state index contributed by atoms with van der Waals surface area (Å²) in [6, 6.07) is 15.9. The molecule has 0 radical (unpaired) electrons. The number of nitrogens with one attached hydrogen (secondary N) is 2. The van der Waals surface area contributed by atoms with Gasteiger partial charge in [-0.25, -0.2) is 4.79 Å². The molecule has 3 rings (SSSR count). The van der Waals surface area contributed by atoms with Gasteiger partial charge in [0.25, 0.3) is 0 Å². The van der Waals surface area contributed by atoms with E-state index in [2.05, 4.69) is 10.6 Å². The molecule has 7 heteroatoms. The SMILES string of the molecule is O=C(Nc1ccccc1)Nc1sccc1OCc1ccc(Cl)cc1Cl. The van der Waals surface area contributed by atoms with E-state index >= 15 is 0 Å². The van der Waals surface area contributed by atoms with Crippen molar-refractivity contribution in [3.05, 3.63) is 75.6 Å². The fourth-order valence-corrected chi connectivity index (χ4v) is 3.27. The number of para-hydroxylation sites is 1. The molecule has 25 heavy (non-hydrogen) atoms. The third-order valence-corrected chi connectivity index (χ3v) is 4.68. The zero-order valence-electron chi connectivity index (χ0n) is 13.0. The van der Waals surface area contributed by atoms with Crippen molar-refractivity contribution in [2.45, 2.75) is 6.61 Å². The monoisotopic (exact) mass is 392 g/mol. The van der Waals surface area contributed by atoms with E-state index in [9.17, 15) is 4.79 Å². The predicted molar refractivity (Wildman–Crippen MR) is 104 cm³/mol. The van der Waals surface area contributed by atoms with Gasteiger partial charge in [0.2, 0.25) is 0 Å². The van der Waals surface area contributed by atoms with Gasteiger partial charge in [-0.05, 0) is 35.7 Å². The molecule has 3 aromatic rings. The van der Waals surface area contributed by atoms with Gasteiger partial charge in [0.15, 0.2) is 5.75 Å². The number of urea groups is 1. The second kappa shape index (κ2) is 8.25. The highest BCUT2D eigenvalue weighted by Crippen LogP contribution is 2.32. The first-order chi connectivity index (χ1) is 12.1. The fraction of sp³-hybridized carbons (Fsp3) is 0.0556. The van der Waals surface area contributed by atoms with Gasteiger partial charge in [0.05, 0.1) is 0 Å². The van der Waals surface area contributed by atoms with Crippen LogP contribution in [-0.4, -0.2) is 6.03 Å². The minimum atomic E-state index is -0.331. The highest BCUT2D eigenvalue weighted by atomic mass is 35.5. The van der Waals surface area contributed by atoms with Crippen LogP contribution in [0.15, 0.2) is 60.0 Å². The van der Waals surface area contributed by atoms with E-state index in [0.717, 1.165) is 5.56 Å². The van der Waals surface area contributed by atoms with Crippen molar-refractivity contribution < 1.29 is 9.53 Å². The summed E-state index contributed by atoms with van der Waals surface area (Å²) < 4.78 is 5.78. The van der Waals surface area contributed by atoms with E-state index in [0.29, 0.717) is 26.5 Å². The molecule has 0 aliphatic carbocycles. The van der Waals surface area contributed by atoms with E-state index in [1.807, 2.05) is 41.8 Å². The molecule has 0 spiro atoms. The first-order valence-corrected chi connectivity index (χ1v) is 9.02. The lowest BCUT2D eigenvalue weighted by atomic mass is 10.2. The third-order valence-electron chi connectivity index (χ3n) is 3.29. The molecule has 0 aliphatic rings. The Balaban J connectivity index is 1.61. The number of hydrogen-bond acceptors (Lipinski definition) is 3. The smallest absolute Gasteiger partial charge is 0.324 e. The first-order valence-electron chi connectivity index (χ1n) is 7.39. The number of halogens is 2. The van der Waals surface area contributed by atoms with Gasteiger partial charge < -0.3 is 10.1 Å². The lowest BCUT2D eigenvalue weighted by Crippen LogP contribution is -2.19. The lowest BCUT2D eigenvalue weighted by molar-refractivity contribution is 0.262. The number of amides is 2. The second-order valence-electron chi connectivity index (χ2n) is 5.08. The second-order valence-corrected chi connectivity index (χ2v) is 6.84. The molecule has 2 amide bonds. The molecule has 2 aromatic carbocycles. The van der Waals surface area contributed by atoms with Gasteiger partial charge in [-0.2, -0.15) is 0 Å². The van der Waals surface area contributed by atoms with E-state index in [-0.39, 0.29) is 12.6 Å². The standard InChI is InChI=1S/C18H14Cl2N2O2S/c19-13-7-6-12(15(20)10-13)11-24-16-8-9-25-17(16)22-18(23)21-14-4-2-1-3-5-14/h1-10H,11H2,(H2,21,22,23). The number of hydrogen-bond donors (Lipinski definition) is 2. The fourth-order valence-electron chi connectivity index (χ4n) is 2.08. The van der Waals surface area contributed by atoms with E-state index in [1.165, 1.54) is 11.3 Å². The van der Waals surface area contributed by atoms with Crippen LogP contribution in [-0.2, 0) is 6.61 Å². The third kappa shape index (κ3) is 4.89. The number of carbonyl (C=O) groups is 1. The Bertz CT molecular complexity index is 869. The molecule has 4 nitrogen and oxygen atoms in total. The molecule has 0 bridgehead atoms. The normalized spacial score (nSPS) is 10.3. The van der Waals surface area contributed by atoms with Gasteiger partial charge in [-0.1, -0.05) is 47.5 Å². The van der Waals surface area contributed by atoms with Crippen LogP contribution in [0.1, 0.15) is 5.56 Å². The van der Waals surface area contributed by atoms with Crippen LogP contribution in [0, 0.1) is 0 Å². The van der Waals surface area contributed by atoms with Gasteiger partial charge in [-0.3, -0.25) is 5.32 Å². The van der Waals surface area contributed by atoms with Gasteiger partial charge in [-0.15, -0.1) is 11.3 Å². The van der Waals surface area contributed by atoms with Gasteiger partial charge >= 0.3 is 6.03 Å². The molecule has 0 saturated heterocycles. The first kappa shape index (κ1) is 17.6. The van der Waals surface area contributed by atoms with Crippen LogP contribution in [0.25, 0.3) is 0 Å². The van der Waals surface area contributed by atoms with Crippen molar-refractivity contribution in [2.75, 3.05) is 10.6 Å². The Hall–Kier alpha value is -2.21. The molecule has 0 fully saturated rings. The Labute approximate surface area is 159 Å². The van der Waals surface area contributed by atoms with Crippen LogP contribution in [0.5, 0.6) is 5.75 Å². The quantitative estimate of drug-likeness (QED) is 0.536. The molecule has 2 N–H and O–H groups in total. The number of anilines is 2. The minimum Gasteiger partial charge on any atom is -0.486 e. The highest BCUT2D eigenvalue weighted by Gasteiger charge is 2.11. The van der Waals surface area contributed by atoms with Crippen molar-refractivity contribution in [2.24, 2.45) is 0 Å². The summed E-state index contributed by atoms with van der Waals surface area (Å²) in [6.07, 6.45) is 0. The number of rotatable bonds is 5. The van der Waals surface area contributed by atoms with E-state index < -0.39 is 0 Å². The molecule has 0 saturated carbocycles. The Kier molecular flexibility index (Phi) is 5.81. The van der Waals surface area contributed by atoms with Crippen molar-refractivity contribution in [3.8, 4) is 5.75 Å². The summed E-state index contributed by atoms with van der Waals surface area (Å²) in [4.78, 5) is 12.1. The highest BCUT2D eigenvalue weighted by molar-refractivity contribution is 7.14. The molecule has 128 valence electrons. The Morgan fingerprint density at radius 1 is 1.04 bits per heavy atom. The summed E-state index contributed by atoms with van der Waals surface area (Å²) in [5.41, 5.74) is 1.53. The Morgan fingerprint density at radius 2 is 1.84 bits per heavy atom. The van der Waals surface area contributed by atoms with Crippen LogP contribution in [0.2, 0.25) is 10.0 Å². The maximum atomic E-state index is 12.1. The van der Waals surface area contributed by atoms with Crippen molar-refractivity contribution in [1.82, 2.24) is 0 Å². The largest absolute Gasteiger partial charge is 0.486 e.